The Morgan fingerprint density at radius 2 is 1.57 bits per heavy atom. The van der Waals surface area contributed by atoms with E-state index in [1.165, 1.54) is 39.9 Å². The summed E-state index contributed by atoms with van der Waals surface area (Å²) in [6.45, 7) is 4.62. The highest BCUT2D eigenvalue weighted by molar-refractivity contribution is 7.89. The summed E-state index contributed by atoms with van der Waals surface area (Å²) < 4.78 is 58.9. The topological polar surface area (TPSA) is 101 Å². The molecule has 0 N–H and O–H groups in total. The van der Waals surface area contributed by atoms with Crippen LogP contribution in [0.3, 0.4) is 0 Å². The first-order valence-electron chi connectivity index (χ1n) is 9.12. The Hall–Kier alpha value is -1.75. The maximum Gasteiger partial charge on any atom is 0.243 e. The largest absolute Gasteiger partial charge is 0.361 e. The number of rotatable bonds is 6. The van der Waals surface area contributed by atoms with Crippen LogP contribution >= 0.6 is 0 Å². The Morgan fingerprint density at radius 3 is 2.11 bits per heavy atom. The lowest BCUT2D eigenvalue weighted by molar-refractivity contribution is 0.346. The Kier molecular flexibility index (Phi) is 5.95. The van der Waals surface area contributed by atoms with Crippen LogP contribution in [0.25, 0.3) is 0 Å². The third-order valence-electron chi connectivity index (χ3n) is 5.05. The second kappa shape index (κ2) is 7.94. The summed E-state index contributed by atoms with van der Waals surface area (Å²) in [6.07, 6.45) is 2.72. The molecular formula is C18H25N3O5S2. The van der Waals surface area contributed by atoms with Crippen LogP contribution in [0.5, 0.6) is 0 Å². The average Bonchev–Trinajstić information content (AvgIpc) is 3.00. The Labute approximate surface area is 166 Å². The van der Waals surface area contributed by atoms with E-state index >= 15 is 0 Å². The zero-order valence-corrected chi connectivity index (χ0v) is 17.9. The van der Waals surface area contributed by atoms with Gasteiger partial charge in [-0.05, 0) is 51.0 Å². The fourth-order valence-electron chi connectivity index (χ4n) is 3.25. The van der Waals surface area contributed by atoms with Gasteiger partial charge in [0.25, 0.3) is 0 Å². The summed E-state index contributed by atoms with van der Waals surface area (Å²) in [7, 11) is -5.90. The molecule has 28 heavy (non-hydrogen) atoms. The first kappa shape index (κ1) is 21.0. The highest BCUT2D eigenvalue weighted by Crippen LogP contribution is 2.24. The van der Waals surface area contributed by atoms with E-state index in [0.717, 1.165) is 24.8 Å². The molecule has 3 rings (SSSR count). The Morgan fingerprint density at radius 1 is 1.00 bits per heavy atom. The molecule has 0 spiro atoms. The van der Waals surface area contributed by atoms with Crippen molar-refractivity contribution in [2.45, 2.75) is 49.4 Å². The van der Waals surface area contributed by atoms with Gasteiger partial charge >= 0.3 is 0 Å². The number of sulfonamides is 2. The molecule has 1 aromatic heterocycles. The van der Waals surface area contributed by atoms with Gasteiger partial charge in [0.2, 0.25) is 20.0 Å². The molecule has 1 aliphatic rings. The number of nitrogens with zero attached hydrogens (tertiary/aromatic N) is 3. The van der Waals surface area contributed by atoms with E-state index in [2.05, 4.69) is 5.16 Å². The van der Waals surface area contributed by atoms with Crippen molar-refractivity contribution in [1.82, 2.24) is 13.8 Å². The zero-order valence-electron chi connectivity index (χ0n) is 16.3. The van der Waals surface area contributed by atoms with E-state index < -0.39 is 20.0 Å². The van der Waals surface area contributed by atoms with Gasteiger partial charge in [-0.1, -0.05) is 11.6 Å². The molecule has 1 saturated heterocycles. The maximum absolute atomic E-state index is 12.9. The van der Waals surface area contributed by atoms with Gasteiger partial charge in [0.1, 0.15) is 5.76 Å². The number of benzene rings is 1. The van der Waals surface area contributed by atoms with Crippen molar-refractivity contribution in [2.24, 2.45) is 0 Å². The van der Waals surface area contributed by atoms with Crippen LogP contribution in [-0.2, 0) is 26.6 Å². The first-order chi connectivity index (χ1) is 13.1. The van der Waals surface area contributed by atoms with Crippen molar-refractivity contribution in [3.8, 4) is 0 Å². The summed E-state index contributed by atoms with van der Waals surface area (Å²) in [6, 6.07) is 5.41. The molecular weight excluding hydrogens is 402 g/mol. The fraction of sp³-hybridized carbons (Fsp3) is 0.500. The molecule has 0 atom stereocenters. The molecule has 8 nitrogen and oxygen atoms in total. The van der Waals surface area contributed by atoms with E-state index in [0.29, 0.717) is 24.5 Å². The average molecular weight is 428 g/mol. The molecule has 0 aliphatic carbocycles. The SMILES string of the molecule is Cc1noc(C)c1CN(C)S(=O)(=O)c1ccc(S(=O)(=O)N2CCCCC2)cc1. The second-order valence-corrected chi connectivity index (χ2v) is 11.0. The maximum atomic E-state index is 12.9. The Balaban J connectivity index is 1.81. The minimum Gasteiger partial charge on any atom is -0.361 e. The summed E-state index contributed by atoms with van der Waals surface area (Å²) in [5.74, 6) is 0.572. The number of aromatic nitrogens is 1. The number of aryl methyl sites for hydroxylation is 2. The van der Waals surface area contributed by atoms with Crippen molar-refractivity contribution in [2.75, 3.05) is 20.1 Å². The lowest BCUT2D eigenvalue weighted by Gasteiger charge is -2.26. The van der Waals surface area contributed by atoms with E-state index in [1.54, 1.807) is 13.8 Å². The molecule has 0 radical (unpaired) electrons. The van der Waals surface area contributed by atoms with Crippen molar-refractivity contribution >= 4 is 20.0 Å². The molecule has 0 amide bonds. The molecule has 1 aromatic carbocycles. The van der Waals surface area contributed by atoms with Crippen LogP contribution in [0.15, 0.2) is 38.6 Å². The molecule has 1 aliphatic heterocycles. The monoisotopic (exact) mass is 427 g/mol. The van der Waals surface area contributed by atoms with Crippen molar-refractivity contribution < 1.29 is 21.4 Å². The third kappa shape index (κ3) is 4.00. The van der Waals surface area contributed by atoms with Crippen LogP contribution in [-0.4, -0.2) is 50.7 Å². The van der Waals surface area contributed by atoms with E-state index in [-0.39, 0.29) is 16.3 Å². The molecule has 2 aromatic rings. The smallest absolute Gasteiger partial charge is 0.243 e. The molecule has 0 unspecified atom stereocenters. The van der Waals surface area contributed by atoms with Gasteiger partial charge in [-0.25, -0.2) is 16.8 Å². The zero-order chi connectivity index (χ0) is 20.5. The van der Waals surface area contributed by atoms with Gasteiger partial charge in [0, 0.05) is 32.2 Å². The predicted octanol–water partition coefficient (Wildman–Crippen LogP) is 2.29. The number of hydrogen-bond acceptors (Lipinski definition) is 6. The quantitative estimate of drug-likeness (QED) is 0.701. The van der Waals surface area contributed by atoms with Crippen LogP contribution in [0.1, 0.15) is 36.3 Å². The minimum absolute atomic E-state index is 0.0411. The summed E-state index contributed by atoms with van der Waals surface area (Å²) >= 11 is 0. The van der Waals surface area contributed by atoms with E-state index in [9.17, 15) is 16.8 Å². The van der Waals surface area contributed by atoms with Crippen LogP contribution < -0.4 is 0 Å². The summed E-state index contributed by atoms with van der Waals surface area (Å²) in [5, 5.41) is 3.84. The van der Waals surface area contributed by atoms with E-state index in [1.807, 2.05) is 0 Å². The van der Waals surface area contributed by atoms with Crippen molar-refractivity contribution in [3.05, 3.63) is 41.3 Å². The summed E-state index contributed by atoms with van der Waals surface area (Å²) in [4.78, 5) is 0.154. The normalized spacial score (nSPS) is 16.6. The molecule has 154 valence electrons. The summed E-state index contributed by atoms with van der Waals surface area (Å²) in [5.41, 5.74) is 1.36. The van der Waals surface area contributed by atoms with Gasteiger partial charge in [-0.3, -0.25) is 0 Å². The second-order valence-electron chi connectivity index (χ2n) is 7.00. The molecule has 0 bridgehead atoms. The van der Waals surface area contributed by atoms with E-state index in [4.69, 9.17) is 4.52 Å². The number of hydrogen-bond donors (Lipinski definition) is 0. The van der Waals surface area contributed by atoms with Crippen LogP contribution in [0.4, 0.5) is 0 Å². The van der Waals surface area contributed by atoms with Gasteiger partial charge in [0.05, 0.1) is 15.5 Å². The standard InChI is InChI=1S/C18H25N3O5S2/c1-14-18(15(2)26-19-14)13-20(3)27(22,23)16-7-9-17(10-8-16)28(24,25)21-11-5-4-6-12-21/h7-10H,4-6,11-13H2,1-3H3. The highest BCUT2D eigenvalue weighted by atomic mass is 32.2. The highest BCUT2D eigenvalue weighted by Gasteiger charge is 2.28. The lowest BCUT2D eigenvalue weighted by Crippen LogP contribution is -2.35. The molecule has 2 heterocycles. The van der Waals surface area contributed by atoms with Gasteiger partial charge in [0.15, 0.2) is 0 Å². The number of piperidine rings is 1. The van der Waals surface area contributed by atoms with Gasteiger partial charge in [-0.2, -0.15) is 8.61 Å². The van der Waals surface area contributed by atoms with Crippen LogP contribution in [0, 0.1) is 13.8 Å². The molecule has 10 heteroatoms. The first-order valence-corrected chi connectivity index (χ1v) is 12.0. The molecule has 1 fully saturated rings. The predicted molar refractivity (Wildman–Crippen MR) is 104 cm³/mol. The fourth-order valence-corrected chi connectivity index (χ4v) is 5.91. The van der Waals surface area contributed by atoms with Gasteiger partial charge in [-0.15, -0.1) is 0 Å². The lowest BCUT2D eigenvalue weighted by atomic mass is 10.2. The molecule has 0 saturated carbocycles. The Bertz CT molecular complexity index is 1020. The minimum atomic E-state index is -3.78. The van der Waals surface area contributed by atoms with Crippen molar-refractivity contribution in [1.29, 1.82) is 0 Å². The van der Waals surface area contributed by atoms with Crippen molar-refractivity contribution in [3.63, 3.8) is 0 Å². The van der Waals surface area contributed by atoms with Crippen LogP contribution in [0.2, 0.25) is 0 Å². The third-order valence-corrected chi connectivity index (χ3v) is 8.78. The van der Waals surface area contributed by atoms with Gasteiger partial charge < -0.3 is 4.52 Å².